The molecular weight excluding hydrogens is 306 g/mol. The van der Waals surface area contributed by atoms with Gasteiger partial charge in [0.15, 0.2) is 5.79 Å². The summed E-state index contributed by atoms with van der Waals surface area (Å²) in [6.45, 7) is 7.05. The van der Waals surface area contributed by atoms with Crippen molar-refractivity contribution in [2.75, 3.05) is 26.4 Å². The average molecular weight is 337 g/mol. The van der Waals surface area contributed by atoms with E-state index in [0.717, 1.165) is 25.8 Å². The Balaban J connectivity index is 1.72. The summed E-state index contributed by atoms with van der Waals surface area (Å²) in [7, 11) is 0. The zero-order valence-electron chi connectivity index (χ0n) is 15.1. The van der Waals surface area contributed by atoms with Gasteiger partial charge in [-0.2, -0.15) is 0 Å². The molecule has 0 aromatic rings. The predicted molar refractivity (Wildman–Crippen MR) is 89.5 cm³/mol. The third-order valence-corrected chi connectivity index (χ3v) is 7.16. The van der Waals surface area contributed by atoms with Crippen molar-refractivity contribution in [2.45, 2.75) is 76.7 Å². The Bertz CT molecular complexity index is 490. The Labute approximate surface area is 145 Å². The zero-order valence-corrected chi connectivity index (χ0v) is 15.1. The van der Waals surface area contributed by atoms with E-state index >= 15 is 0 Å². The van der Waals surface area contributed by atoms with Crippen LogP contribution >= 0.6 is 0 Å². The fourth-order valence-corrected chi connectivity index (χ4v) is 6.09. The van der Waals surface area contributed by atoms with Gasteiger partial charge < -0.3 is 14.2 Å². The molecule has 0 bridgehead atoms. The maximum absolute atomic E-state index is 12.7. The fraction of sp³-hybridized carbons (Fsp3) is 0.947. The van der Waals surface area contributed by atoms with Crippen molar-refractivity contribution in [3.63, 3.8) is 0 Å². The average Bonchev–Trinajstić information content (AvgIpc) is 3.16. The third kappa shape index (κ3) is 2.35. The van der Waals surface area contributed by atoms with Crippen LogP contribution in [0.5, 0.6) is 0 Å². The van der Waals surface area contributed by atoms with Crippen LogP contribution in [0.2, 0.25) is 0 Å². The fourth-order valence-electron chi connectivity index (χ4n) is 6.09. The molecule has 0 N–H and O–H groups in total. The van der Waals surface area contributed by atoms with Crippen LogP contribution in [0.1, 0.15) is 58.8 Å². The van der Waals surface area contributed by atoms with E-state index in [2.05, 4.69) is 11.8 Å². The van der Waals surface area contributed by atoms with E-state index < -0.39 is 5.79 Å². The van der Waals surface area contributed by atoms with Crippen LogP contribution in [0, 0.1) is 11.3 Å². The van der Waals surface area contributed by atoms with Gasteiger partial charge in [-0.15, -0.1) is 0 Å². The van der Waals surface area contributed by atoms with Gasteiger partial charge in [0, 0.05) is 18.4 Å². The monoisotopic (exact) mass is 337 g/mol. The molecule has 4 aliphatic rings. The quantitative estimate of drug-likeness (QED) is 0.741. The summed E-state index contributed by atoms with van der Waals surface area (Å²) >= 11 is 0. The second-order valence-corrected chi connectivity index (χ2v) is 7.97. The molecule has 24 heavy (non-hydrogen) atoms. The zero-order chi connectivity index (χ0) is 16.8. The van der Waals surface area contributed by atoms with Crippen LogP contribution in [0.4, 0.5) is 0 Å². The highest BCUT2D eigenvalue weighted by molar-refractivity contribution is 5.76. The first-order chi connectivity index (χ1) is 11.7. The van der Waals surface area contributed by atoms with Crippen molar-refractivity contribution < 1.29 is 19.0 Å². The van der Waals surface area contributed by atoms with Crippen LogP contribution in [0.15, 0.2) is 0 Å². The number of carbonyl (C=O) groups is 1. The lowest BCUT2D eigenvalue weighted by atomic mass is 9.60. The molecule has 0 aromatic heterocycles. The lowest BCUT2D eigenvalue weighted by Crippen LogP contribution is -2.58. The standard InChI is InChI=1S/C19H31NO4/c1-3-18-7-5-6-10-20-15(17(21)22-4-2)13-14(16(18)20)19(9-8-18)23-11-12-24-19/h14-16H,3-13H2,1-2H3/t14-,15+,16+,18-/m1/s1. The molecule has 5 nitrogen and oxygen atoms in total. The minimum atomic E-state index is -0.451. The Morgan fingerprint density at radius 3 is 2.67 bits per heavy atom. The van der Waals surface area contributed by atoms with E-state index in [4.69, 9.17) is 14.2 Å². The van der Waals surface area contributed by atoms with E-state index in [0.29, 0.717) is 37.2 Å². The van der Waals surface area contributed by atoms with Gasteiger partial charge in [0.1, 0.15) is 6.04 Å². The van der Waals surface area contributed by atoms with Gasteiger partial charge in [0.05, 0.1) is 19.8 Å². The number of nitrogens with zero attached hydrogens (tertiary/aromatic N) is 1. The summed E-state index contributed by atoms with van der Waals surface area (Å²) in [5.41, 5.74) is 0.309. The van der Waals surface area contributed by atoms with E-state index in [9.17, 15) is 4.79 Å². The molecular formula is C19H31NO4. The molecule has 0 radical (unpaired) electrons. The number of fused-ring (bicyclic) bond motifs is 1. The topological polar surface area (TPSA) is 48.0 Å². The highest BCUT2D eigenvalue weighted by Gasteiger charge is 2.65. The normalized spacial score (nSPS) is 41.2. The molecule has 3 saturated heterocycles. The molecule has 5 heteroatoms. The maximum atomic E-state index is 12.7. The van der Waals surface area contributed by atoms with Gasteiger partial charge in [0.2, 0.25) is 0 Å². The molecule has 0 unspecified atom stereocenters. The summed E-state index contributed by atoms with van der Waals surface area (Å²) in [6.07, 6.45) is 7.84. The van der Waals surface area contributed by atoms with Gasteiger partial charge in [-0.25, -0.2) is 0 Å². The number of ether oxygens (including phenoxy) is 3. The van der Waals surface area contributed by atoms with Crippen molar-refractivity contribution in [1.29, 1.82) is 0 Å². The number of hydrogen-bond acceptors (Lipinski definition) is 5. The first-order valence-corrected chi connectivity index (χ1v) is 9.86. The lowest BCUT2D eigenvalue weighted by molar-refractivity contribution is -0.237. The van der Waals surface area contributed by atoms with Crippen molar-refractivity contribution in [3.05, 3.63) is 0 Å². The van der Waals surface area contributed by atoms with Crippen molar-refractivity contribution in [2.24, 2.45) is 11.3 Å². The number of esters is 1. The van der Waals surface area contributed by atoms with Crippen LogP contribution in [0.25, 0.3) is 0 Å². The largest absolute Gasteiger partial charge is 0.465 e. The molecule has 136 valence electrons. The summed E-state index contributed by atoms with van der Waals surface area (Å²) in [4.78, 5) is 15.1. The van der Waals surface area contributed by atoms with E-state index in [1.165, 1.54) is 25.7 Å². The smallest absolute Gasteiger partial charge is 0.323 e. The molecule has 4 fully saturated rings. The third-order valence-electron chi connectivity index (χ3n) is 7.16. The summed E-state index contributed by atoms with van der Waals surface area (Å²) in [6, 6.07) is 0.276. The van der Waals surface area contributed by atoms with Crippen LogP contribution in [-0.2, 0) is 19.0 Å². The van der Waals surface area contributed by atoms with Crippen molar-refractivity contribution in [3.8, 4) is 0 Å². The Kier molecular flexibility index (Phi) is 4.38. The van der Waals surface area contributed by atoms with Gasteiger partial charge in [-0.05, 0) is 51.0 Å². The first-order valence-electron chi connectivity index (χ1n) is 9.86. The summed E-state index contributed by atoms with van der Waals surface area (Å²) in [5.74, 6) is -0.208. The number of carbonyl (C=O) groups excluding carboxylic acids is 1. The first kappa shape index (κ1) is 16.8. The SMILES string of the molecule is CCOC(=O)[C@@H]1C[C@@H]2[C@@H]3N1CCCC[C@]3(CC)CCC21OCCO1. The van der Waals surface area contributed by atoms with Crippen LogP contribution in [-0.4, -0.2) is 55.1 Å². The highest BCUT2D eigenvalue weighted by Crippen LogP contribution is 2.59. The Hall–Kier alpha value is -0.650. The van der Waals surface area contributed by atoms with Crippen molar-refractivity contribution in [1.82, 2.24) is 4.90 Å². The van der Waals surface area contributed by atoms with E-state index in [-0.39, 0.29) is 12.0 Å². The van der Waals surface area contributed by atoms with E-state index in [1.54, 1.807) is 0 Å². The Morgan fingerprint density at radius 1 is 1.17 bits per heavy atom. The lowest BCUT2D eigenvalue weighted by Gasteiger charge is -2.53. The number of hydrogen-bond donors (Lipinski definition) is 0. The number of rotatable bonds is 3. The molecule has 1 saturated carbocycles. The highest BCUT2D eigenvalue weighted by atomic mass is 16.7. The minimum absolute atomic E-state index is 0.0491. The molecule has 1 spiro atoms. The molecule has 4 atom stereocenters. The van der Waals surface area contributed by atoms with Gasteiger partial charge in [-0.1, -0.05) is 13.3 Å². The predicted octanol–water partition coefficient (Wildman–Crippen LogP) is 2.73. The van der Waals surface area contributed by atoms with Gasteiger partial charge in [0.25, 0.3) is 0 Å². The molecule has 4 rings (SSSR count). The molecule has 0 aromatic carbocycles. The van der Waals surface area contributed by atoms with Crippen LogP contribution in [0.3, 0.4) is 0 Å². The van der Waals surface area contributed by atoms with Gasteiger partial charge in [-0.3, -0.25) is 9.69 Å². The van der Waals surface area contributed by atoms with Gasteiger partial charge >= 0.3 is 5.97 Å². The molecule has 3 heterocycles. The van der Waals surface area contributed by atoms with E-state index in [1.807, 2.05) is 6.92 Å². The second-order valence-electron chi connectivity index (χ2n) is 7.97. The second kappa shape index (κ2) is 6.26. The minimum Gasteiger partial charge on any atom is -0.465 e. The molecule has 3 aliphatic heterocycles. The Morgan fingerprint density at radius 2 is 1.96 bits per heavy atom. The van der Waals surface area contributed by atoms with Crippen molar-refractivity contribution >= 4 is 5.97 Å². The maximum Gasteiger partial charge on any atom is 0.323 e. The van der Waals surface area contributed by atoms with Crippen LogP contribution < -0.4 is 0 Å². The summed E-state index contributed by atoms with van der Waals surface area (Å²) in [5, 5.41) is 0. The molecule has 0 amide bonds. The summed E-state index contributed by atoms with van der Waals surface area (Å²) < 4.78 is 17.8. The molecule has 1 aliphatic carbocycles.